The smallest absolute Gasteiger partial charge is 0.151 e. The molecule has 2 unspecified atom stereocenters. The van der Waals surface area contributed by atoms with E-state index in [0.717, 1.165) is 29.9 Å². The van der Waals surface area contributed by atoms with Gasteiger partial charge >= 0.3 is 0 Å². The number of fused-ring (bicyclic) bond motifs is 1. The largest absolute Gasteiger partial charge is 0.356 e. The Labute approximate surface area is 123 Å². The summed E-state index contributed by atoms with van der Waals surface area (Å²) in [5, 5.41) is 4.74. The molecule has 3 heterocycles. The maximum atomic E-state index is 5.84. The van der Waals surface area contributed by atoms with Crippen LogP contribution in [0.4, 0.5) is 5.82 Å². The number of rotatable bonds is 3. The molecule has 1 aliphatic carbocycles. The van der Waals surface area contributed by atoms with Crippen LogP contribution in [-0.2, 0) is 6.54 Å². The van der Waals surface area contributed by atoms with E-state index in [0.29, 0.717) is 5.15 Å². The van der Waals surface area contributed by atoms with E-state index in [9.17, 15) is 0 Å². The fourth-order valence-corrected chi connectivity index (χ4v) is 3.26. The second-order valence-corrected chi connectivity index (χ2v) is 6.30. The van der Waals surface area contributed by atoms with Gasteiger partial charge in [-0.3, -0.25) is 4.68 Å². The minimum absolute atomic E-state index is 0.531. The van der Waals surface area contributed by atoms with Gasteiger partial charge in [0.25, 0.3) is 0 Å². The van der Waals surface area contributed by atoms with Gasteiger partial charge in [-0.25, -0.2) is 4.98 Å². The first-order valence-electron chi connectivity index (χ1n) is 7.09. The third-order valence-electron chi connectivity index (χ3n) is 4.42. The van der Waals surface area contributed by atoms with E-state index in [1.54, 1.807) is 6.07 Å². The monoisotopic (exact) mass is 288 g/mol. The number of hydrogen-bond donors (Lipinski definition) is 0. The minimum atomic E-state index is 0.531. The van der Waals surface area contributed by atoms with Crippen LogP contribution in [0.15, 0.2) is 24.4 Å². The van der Waals surface area contributed by atoms with Gasteiger partial charge in [-0.05, 0) is 42.9 Å². The van der Waals surface area contributed by atoms with Gasteiger partial charge in [0.2, 0.25) is 0 Å². The van der Waals surface area contributed by atoms with E-state index < -0.39 is 0 Å². The Balaban J connectivity index is 1.53. The zero-order valence-corrected chi connectivity index (χ0v) is 12.2. The summed E-state index contributed by atoms with van der Waals surface area (Å²) in [5.41, 5.74) is 2.27. The fourth-order valence-electron chi connectivity index (χ4n) is 3.10. The first kappa shape index (κ1) is 12.2. The van der Waals surface area contributed by atoms with Crippen LogP contribution in [-0.4, -0.2) is 27.9 Å². The molecule has 2 aliphatic rings. The Morgan fingerprint density at radius 3 is 2.70 bits per heavy atom. The molecule has 0 spiro atoms. The highest BCUT2D eigenvalue weighted by molar-refractivity contribution is 6.29. The maximum absolute atomic E-state index is 5.84. The number of hydrogen-bond acceptors (Lipinski definition) is 3. The zero-order chi connectivity index (χ0) is 13.7. The number of pyridine rings is 1. The summed E-state index contributed by atoms with van der Waals surface area (Å²) in [7, 11) is 0. The first-order chi connectivity index (χ1) is 9.69. The third-order valence-corrected chi connectivity index (χ3v) is 4.63. The van der Waals surface area contributed by atoms with Crippen LogP contribution in [0.2, 0.25) is 5.15 Å². The second kappa shape index (κ2) is 4.48. The minimum Gasteiger partial charge on any atom is -0.356 e. The van der Waals surface area contributed by atoms with Crippen molar-refractivity contribution in [2.75, 3.05) is 18.0 Å². The summed E-state index contributed by atoms with van der Waals surface area (Å²) in [4.78, 5) is 7.18. The van der Waals surface area contributed by atoms with E-state index in [4.69, 9.17) is 16.6 Å². The van der Waals surface area contributed by atoms with Crippen molar-refractivity contribution in [3.63, 3.8) is 0 Å². The molecule has 1 saturated heterocycles. The lowest BCUT2D eigenvalue weighted by Gasteiger charge is -2.20. The van der Waals surface area contributed by atoms with Crippen molar-refractivity contribution < 1.29 is 0 Å². The van der Waals surface area contributed by atoms with Crippen molar-refractivity contribution >= 4 is 17.4 Å². The molecule has 0 bridgehead atoms. The quantitative estimate of drug-likeness (QED) is 0.871. The highest BCUT2D eigenvalue weighted by Gasteiger charge is 2.45. The topological polar surface area (TPSA) is 34.0 Å². The normalized spacial score (nSPS) is 24.0. The van der Waals surface area contributed by atoms with Crippen LogP contribution in [0.25, 0.3) is 0 Å². The van der Waals surface area contributed by atoms with Crippen LogP contribution in [0.1, 0.15) is 17.7 Å². The maximum Gasteiger partial charge on any atom is 0.151 e. The number of aromatic nitrogens is 3. The van der Waals surface area contributed by atoms with Crippen LogP contribution < -0.4 is 4.90 Å². The predicted octanol–water partition coefficient (Wildman–Crippen LogP) is 2.74. The van der Waals surface area contributed by atoms with Gasteiger partial charge in [0.15, 0.2) is 5.15 Å². The summed E-state index contributed by atoms with van der Waals surface area (Å²) in [6.45, 7) is 5.16. The van der Waals surface area contributed by atoms with Gasteiger partial charge in [-0.2, -0.15) is 5.10 Å². The standard InChI is InChI=1S/C15H17ClN4/c1-10-11(9-20-5-4-14(16)18-20)2-3-15(17-10)19-7-12-6-13(12)8-19/h2-5,12-13H,6-9H2,1H3. The lowest BCUT2D eigenvalue weighted by molar-refractivity contribution is 0.680. The van der Waals surface area contributed by atoms with Gasteiger partial charge in [0.05, 0.1) is 6.54 Å². The molecule has 2 atom stereocenters. The molecule has 2 aromatic heterocycles. The second-order valence-electron chi connectivity index (χ2n) is 5.91. The average Bonchev–Trinajstić information content (AvgIpc) is 2.83. The average molecular weight is 289 g/mol. The van der Waals surface area contributed by atoms with Crippen molar-refractivity contribution in [2.45, 2.75) is 19.9 Å². The Bertz CT molecular complexity index is 641. The molecule has 4 rings (SSSR count). The van der Waals surface area contributed by atoms with Gasteiger partial charge < -0.3 is 4.90 Å². The summed E-state index contributed by atoms with van der Waals surface area (Å²) in [6, 6.07) is 6.10. The number of anilines is 1. The van der Waals surface area contributed by atoms with E-state index in [2.05, 4.69) is 29.1 Å². The summed E-state index contributed by atoms with van der Waals surface area (Å²) in [6.07, 6.45) is 3.32. The van der Waals surface area contributed by atoms with E-state index in [1.165, 1.54) is 25.1 Å². The van der Waals surface area contributed by atoms with Crippen LogP contribution >= 0.6 is 11.6 Å². The highest BCUT2D eigenvalue weighted by Crippen LogP contribution is 2.45. The summed E-state index contributed by atoms with van der Waals surface area (Å²) in [5.74, 6) is 2.99. The van der Waals surface area contributed by atoms with Gasteiger partial charge in [-0.15, -0.1) is 0 Å². The summed E-state index contributed by atoms with van der Waals surface area (Å²) >= 11 is 5.84. The lowest BCUT2D eigenvalue weighted by Crippen LogP contribution is -2.23. The van der Waals surface area contributed by atoms with Crippen LogP contribution in [0, 0.1) is 18.8 Å². The molecule has 0 radical (unpaired) electrons. The molecular formula is C15H17ClN4. The third kappa shape index (κ3) is 2.18. The van der Waals surface area contributed by atoms with Crippen LogP contribution in [0.3, 0.4) is 0 Å². The molecule has 104 valence electrons. The zero-order valence-electron chi connectivity index (χ0n) is 11.5. The van der Waals surface area contributed by atoms with Crippen LogP contribution in [0.5, 0.6) is 0 Å². The van der Waals surface area contributed by atoms with Crippen molar-refractivity contribution in [3.05, 3.63) is 40.8 Å². The number of aryl methyl sites for hydroxylation is 1. The molecule has 1 aliphatic heterocycles. The summed E-state index contributed by atoms with van der Waals surface area (Å²) < 4.78 is 1.84. The molecule has 4 nitrogen and oxygen atoms in total. The molecule has 0 N–H and O–H groups in total. The van der Waals surface area contributed by atoms with Gasteiger partial charge in [0.1, 0.15) is 5.82 Å². The fraction of sp³-hybridized carbons (Fsp3) is 0.467. The molecule has 20 heavy (non-hydrogen) atoms. The molecule has 0 aromatic carbocycles. The lowest BCUT2D eigenvalue weighted by atomic mass is 10.2. The van der Waals surface area contributed by atoms with Crippen molar-refractivity contribution in [2.24, 2.45) is 11.8 Å². The predicted molar refractivity (Wildman–Crippen MR) is 79.1 cm³/mol. The van der Waals surface area contributed by atoms with Gasteiger partial charge in [0, 0.05) is 25.0 Å². The Morgan fingerprint density at radius 1 is 1.25 bits per heavy atom. The number of piperidine rings is 1. The Morgan fingerprint density at radius 2 is 2.05 bits per heavy atom. The number of nitrogens with zero attached hydrogens (tertiary/aromatic N) is 4. The molecule has 2 fully saturated rings. The first-order valence-corrected chi connectivity index (χ1v) is 7.47. The molecular weight excluding hydrogens is 272 g/mol. The molecule has 1 saturated carbocycles. The van der Waals surface area contributed by atoms with Crippen molar-refractivity contribution in [1.29, 1.82) is 0 Å². The van der Waals surface area contributed by atoms with Gasteiger partial charge in [-0.1, -0.05) is 17.7 Å². The van der Waals surface area contributed by atoms with E-state index in [-0.39, 0.29) is 0 Å². The molecule has 2 aromatic rings. The van der Waals surface area contributed by atoms with Crippen molar-refractivity contribution in [1.82, 2.24) is 14.8 Å². The van der Waals surface area contributed by atoms with Crippen molar-refractivity contribution in [3.8, 4) is 0 Å². The van der Waals surface area contributed by atoms with E-state index >= 15 is 0 Å². The molecule has 5 heteroatoms. The number of halogens is 1. The Hall–Kier alpha value is -1.55. The SMILES string of the molecule is Cc1nc(N2CC3CC3C2)ccc1Cn1ccc(Cl)n1. The Kier molecular flexibility index (Phi) is 2.74. The van der Waals surface area contributed by atoms with E-state index in [1.807, 2.05) is 10.9 Å². The highest BCUT2D eigenvalue weighted by atomic mass is 35.5. The molecule has 0 amide bonds.